The molecule has 2 N–H and O–H groups in total. The molecule has 0 radical (unpaired) electrons. The third-order valence-corrected chi connectivity index (χ3v) is 16.1. The second-order valence-electron chi connectivity index (χ2n) is 12.5. The predicted octanol–water partition coefficient (Wildman–Crippen LogP) is 4.36. The highest BCUT2D eigenvalue weighted by atomic mass is 28.4. The van der Waals surface area contributed by atoms with Crippen LogP contribution in [0, 0.1) is 10.8 Å². The van der Waals surface area contributed by atoms with E-state index >= 15 is 0 Å². The van der Waals surface area contributed by atoms with Crippen molar-refractivity contribution in [3.05, 3.63) is 0 Å². The molecule has 0 bridgehead atoms. The summed E-state index contributed by atoms with van der Waals surface area (Å²) < 4.78 is 22.0. The fourth-order valence-corrected chi connectivity index (χ4v) is 4.17. The summed E-state index contributed by atoms with van der Waals surface area (Å²) in [6.45, 7) is 25.1. The number of hydrogen-bond acceptors (Lipinski definition) is 8. The van der Waals surface area contributed by atoms with Crippen LogP contribution in [0.25, 0.3) is 0 Å². The Bertz CT molecular complexity index is 614. The van der Waals surface area contributed by atoms with Crippen LogP contribution in [0.2, 0.25) is 36.3 Å². The van der Waals surface area contributed by atoms with E-state index in [4.69, 9.17) is 23.8 Å². The number of aliphatic hydroxyl groups excluding tert-OH is 2. The van der Waals surface area contributed by atoms with E-state index in [2.05, 4.69) is 72.5 Å². The van der Waals surface area contributed by atoms with Crippen molar-refractivity contribution < 1.29 is 38.1 Å². The molecule has 0 amide bonds. The Morgan fingerprint density at radius 1 is 0.618 bits per heavy atom. The number of carbonyl (C=O) groups is 2. The number of rotatable bonds is 10. The second kappa shape index (κ2) is 13.0. The van der Waals surface area contributed by atoms with Crippen LogP contribution in [0.3, 0.4) is 0 Å². The van der Waals surface area contributed by atoms with Gasteiger partial charge in [-0.05, 0) is 50.1 Å². The fourth-order valence-electron chi connectivity index (χ4n) is 1.94. The summed E-state index contributed by atoms with van der Waals surface area (Å²) in [6, 6.07) is 0. The zero-order valence-electron chi connectivity index (χ0n) is 24.2. The highest BCUT2D eigenvalue weighted by Crippen LogP contribution is 2.40. The Labute approximate surface area is 210 Å². The summed E-state index contributed by atoms with van der Waals surface area (Å²) >= 11 is 0. The number of hydrogen-bond donors (Lipinski definition) is 2. The second-order valence-corrected chi connectivity index (χ2v) is 22.1. The van der Waals surface area contributed by atoms with Gasteiger partial charge in [-0.15, -0.1) is 0 Å². The van der Waals surface area contributed by atoms with Gasteiger partial charge in [0.15, 0.2) is 16.6 Å². The molecule has 0 atom stereocenters. The molecule has 0 aromatic carbocycles. The smallest absolute Gasteiger partial charge is 0.316 e. The molecule has 0 aromatic heterocycles. The van der Waals surface area contributed by atoms with Crippen molar-refractivity contribution in [2.45, 2.75) is 91.7 Å². The van der Waals surface area contributed by atoms with Gasteiger partial charge in [-0.2, -0.15) is 0 Å². The minimum atomic E-state index is -1.94. The number of methoxy groups -OCH3 is 2. The van der Waals surface area contributed by atoms with Crippen molar-refractivity contribution in [2.24, 2.45) is 10.8 Å². The Morgan fingerprint density at radius 3 is 1.06 bits per heavy atom. The van der Waals surface area contributed by atoms with Crippen molar-refractivity contribution in [1.29, 1.82) is 0 Å². The fraction of sp³-hybridized carbons (Fsp3) is 0.917. The lowest BCUT2D eigenvalue weighted by molar-refractivity contribution is -0.157. The summed E-state index contributed by atoms with van der Waals surface area (Å²) in [5.41, 5.74) is -1.94. The first-order valence-electron chi connectivity index (χ1n) is 11.7. The van der Waals surface area contributed by atoms with Gasteiger partial charge in [0.25, 0.3) is 0 Å². The van der Waals surface area contributed by atoms with Crippen LogP contribution < -0.4 is 0 Å². The summed E-state index contributed by atoms with van der Waals surface area (Å²) in [5, 5.41) is 17.5. The largest absolute Gasteiger partial charge is 0.468 e. The first-order valence-corrected chi connectivity index (χ1v) is 17.5. The van der Waals surface area contributed by atoms with Gasteiger partial charge in [-0.3, -0.25) is 9.59 Å². The molecule has 0 aliphatic carbocycles. The van der Waals surface area contributed by atoms with Crippen LogP contribution in [-0.4, -0.2) is 79.4 Å². The van der Waals surface area contributed by atoms with Gasteiger partial charge < -0.3 is 28.5 Å². The van der Waals surface area contributed by atoms with Gasteiger partial charge in [0.05, 0.1) is 40.6 Å². The Kier molecular flexibility index (Phi) is 13.5. The maximum Gasteiger partial charge on any atom is 0.316 e. The number of esters is 2. The average Bonchev–Trinajstić information content (AvgIpc) is 2.73. The monoisotopic (exact) mass is 524 g/mol. The van der Waals surface area contributed by atoms with E-state index in [0.717, 1.165) is 0 Å². The maximum absolute atomic E-state index is 12.4. The minimum absolute atomic E-state index is 0.102. The van der Waals surface area contributed by atoms with Gasteiger partial charge in [-0.25, -0.2) is 0 Å². The Balaban J connectivity index is 0. The minimum Gasteiger partial charge on any atom is -0.468 e. The van der Waals surface area contributed by atoms with E-state index in [1.54, 1.807) is 0 Å². The van der Waals surface area contributed by atoms with E-state index in [1.807, 2.05) is 6.92 Å². The summed E-state index contributed by atoms with van der Waals surface area (Å²) in [7, 11) is -1.23. The highest BCUT2D eigenvalue weighted by Gasteiger charge is 2.45. The lowest BCUT2D eigenvalue weighted by Crippen LogP contribution is -2.50. The van der Waals surface area contributed by atoms with E-state index in [0.29, 0.717) is 13.2 Å². The van der Waals surface area contributed by atoms with Gasteiger partial charge in [0, 0.05) is 0 Å². The van der Waals surface area contributed by atoms with Crippen LogP contribution in [-0.2, 0) is 27.9 Å². The van der Waals surface area contributed by atoms with E-state index in [9.17, 15) is 9.59 Å². The van der Waals surface area contributed by atoms with Gasteiger partial charge in [0.1, 0.15) is 10.8 Å². The van der Waals surface area contributed by atoms with Crippen LogP contribution in [0.15, 0.2) is 0 Å². The first-order chi connectivity index (χ1) is 15.0. The highest BCUT2D eigenvalue weighted by molar-refractivity contribution is 6.74. The first kappa shape index (κ1) is 35.4. The molecule has 0 spiro atoms. The Hall–Kier alpha value is -0.786. The third kappa shape index (κ3) is 10.1. The molecule has 0 aromatic rings. The number of ether oxygens (including phenoxy) is 2. The number of carbonyl (C=O) groups excluding carboxylic acids is 2. The van der Waals surface area contributed by atoms with Crippen LogP contribution >= 0.6 is 0 Å². The van der Waals surface area contributed by atoms with Gasteiger partial charge in [0.2, 0.25) is 0 Å². The lowest BCUT2D eigenvalue weighted by Gasteiger charge is -2.41. The third-order valence-electron chi connectivity index (χ3n) is 7.17. The molecular formula is C24H52O8Si2. The molecule has 0 aliphatic heterocycles. The molecule has 34 heavy (non-hydrogen) atoms. The van der Waals surface area contributed by atoms with Crippen molar-refractivity contribution in [1.82, 2.24) is 0 Å². The van der Waals surface area contributed by atoms with Crippen LogP contribution in [0.4, 0.5) is 0 Å². The molecule has 0 rings (SSSR count). The summed E-state index contributed by atoms with van der Waals surface area (Å²) in [5.74, 6) is -0.864. The molecule has 204 valence electrons. The number of aliphatic hydroxyl groups is 2. The van der Waals surface area contributed by atoms with Crippen LogP contribution in [0.1, 0.15) is 55.4 Å². The molecular weight excluding hydrogens is 472 g/mol. The predicted molar refractivity (Wildman–Crippen MR) is 141 cm³/mol. The quantitative estimate of drug-likeness (QED) is 0.320. The van der Waals surface area contributed by atoms with E-state index in [1.165, 1.54) is 21.1 Å². The SMILES string of the molecule is COC(=O)C(C)(CO)CO.COC(=O)C(C)(CO[Si](C)(C)C(C)(C)C)CO[Si](C)(C)C(C)(C)C. The topological polar surface area (TPSA) is 112 Å². The molecule has 10 heteroatoms. The normalized spacial score (nSPS) is 13.6. The molecule has 0 saturated heterocycles. The molecule has 0 aliphatic rings. The van der Waals surface area contributed by atoms with Crippen molar-refractivity contribution in [3.63, 3.8) is 0 Å². The Morgan fingerprint density at radius 2 is 0.882 bits per heavy atom. The standard InChI is InChI=1S/C18H40O4Si2.C6H12O4/c1-16(2,3)23(9,10)21-13-18(7,15(19)20-8)14-22-24(11,12)17(4,5)6;1-6(3-7,4-8)5(9)10-2/h13-14H2,1-12H3;7-8H,3-4H2,1-2H3. The van der Waals surface area contributed by atoms with E-state index in [-0.39, 0.29) is 16.0 Å². The van der Waals surface area contributed by atoms with Crippen molar-refractivity contribution >= 4 is 28.6 Å². The van der Waals surface area contributed by atoms with Crippen molar-refractivity contribution in [2.75, 3.05) is 40.6 Å². The molecule has 0 fully saturated rings. The maximum atomic E-state index is 12.4. The zero-order valence-corrected chi connectivity index (χ0v) is 26.2. The van der Waals surface area contributed by atoms with E-state index < -0.39 is 46.6 Å². The van der Waals surface area contributed by atoms with Crippen LogP contribution in [0.5, 0.6) is 0 Å². The summed E-state index contributed by atoms with van der Waals surface area (Å²) in [6.07, 6.45) is 0. The lowest BCUT2D eigenvalue weighted by atomic mass is 9.93. The van der Waals surface area contributed by atoms with Gasteiger partial charge >= 0.3 is 11.9 Å². The molecule has 0 heterocycles. The van der Waals surface area contributed by atoms with Gasteiger partial charge in [-0.1, -0.05) is 41.5 Å². The molecule has 0 saturated carbocycles. The average molecular weight is 525 g/mol. The molecule has 0 unspecified atom stereocenters. The molecule has 8 nitrogen and oxygen atoms in total. The van der Waals surface area contributed by atoms with Crippen molar-refractivity contribution in [3.8, 4) is 0 Å². The zero-order chi connectivity index (χ0) is 27.8. The summed E-state index contributed by atoms with van der Waals surface area (Å²) in [4.78, 5) is 23.2.